The molecule has 0 saturated carbocycles. The Kier molecular flexibility index (Phi) is 8.14. The molecule has 0 aliphatic carbocycles. The van der Waals surface area contributed by atoms with Gasteiger partial charge in [-0.25, -0.2) is 0 Å². The van der Waals surface area contributed by atoms with Crippen molar-refractivity contribution >= 4 is 17.5 Å². The molecule has 0 radical (unpaired) electrons. The second-order valence-electron chi connectivity index (χ2n) is 8.35. The molecule has 1 saturated heterocycles. The Labute approximate surface area is 185 Å². The predicted molar refractivity (Wildman–Crippen MR) is 122 cm³/mol. The van der Waals surface area contributed by atoms with Crippen molar-refractivity contribution in [3.8, 4) is 5.75 Å². The first-order valence-electron chi connectivity index (χ1n) is 10.6. The number of hydrogen-bond donors (Lipinski definition) is 1. The molecule has 1 amide bonds. The van der Waals surface area contributed by atoms with Crippen molar-refractivity contribution in [3.63, 3.8) is 0 Å². The third-order valence-corrected chi connectivity index (χ3v) is 5.64. The molecular weight excluding hydrogens is 398 g/mol. The maximum absolute atomic E-state index is 12.7. The van der Waals surface area contributed by atoms with Crippen LogP contribution in [0.3, 0.4) is 0 Å². The quantitative estimate of drug-likeness (QED) is 0.686. The third-order valence-electron chi connectivity index (χ3n) is 5.39. The highest BCUT2D eigenvalue weighted by Crippen LogP contribution is 2.23. The van der Waals surface area contributed by atoms with E-state index in [4.69, 9.17) is 16.3 Å². The van der Waals surface area contributed by atoms with Gasteiger partial charge in [-0.1, -0.05) is 37.6 Å². The van der Waals surface area contributed by atoms with Gasteiger partial charge in [0.15, 0.2) is 0 Å². The molecule has 1 aliphatic heterocycles. The minimum Gasteiger partial charge on any atom is -0.493 e. The van der Waals surface area contributed by atoms with E-state index < -0.39 is 0 Å². The first-order chi connectivity index (χ1) is 14.4. The Balaban J connectivity index is 1.64. The molecule has 1 atom stereocenters. The number of halogens is 1. The zero-order valence-corrected chi connectivity index (χ0v) is 18.9. The van der Waals surface area contributed by atoms with Crippen molar-refractivity contribution < 1.29 is 9.53 Å². The monoisotopic (exact) mass is 429 g/mol. The number of amides is 1. The number of rotatable bonds is 8. The third kappa shape index (κ3) is 6.46. The molecule has 1 aliphatic rings. The largest absolute Gasteiger partial charge is 0.493 e. The second kappa shape index (κ2) is 10.8. The molecule has 3 rings (SSSR count). The molecule has 0 aromatic heterocycles. The summed E-state index contributed by atoms with van der Waals surface area (Å²) < 4.78 is 5.70. The number of ether oxygens (including phenoxy) is 1. The minimum atomic E-state index is -0.0708. The van der Waals surface area contributed by atoms with E-state index in [0.29, 0.717) is 24.6 Å². The van der Waals surface area contributed by atoms with Crippen molar-refractivity contribution in [2.24, 2.45) is 5.92 Å². The smallest absolute Gasteiger partial charge is 0.251 e. The topological polar surface area (TPSA) is 44.8 Å². The van der Waals surface area contributed by atoms with E-state index in [0.717, 1.165) is 37.0 Å². The molecule has 0 unspecified atom stereocenters. The highest BCUT2D eigenvalue weighted by atomic mass is 35.5. The average Bonchev–Trinajstić information content (AvgIpc) is 2.75. The summed E-state index contributed by atoms with van der Waals surface area (Å²) in [7, 11) is 2.14. The molecule has 2 aromatic rings. The highest BCUT2D eigenvalue weighted by molar-refractivity contribution is 6.30. The van der Waals surface area contributed by atoms with E-state index in [1.165, 1.54) is 5.56 Å². The van der Waals surface area contributed by atoms with Crippen molar-refractivity contribution in [1.82, 2.24) is 15.1 Å². The molecule has 1 heterocycles. The molecule has 0 spiro atoms. The van der Waals surface area contributed by atoms with Crippen LogP contribution in [0, 0.1) is 5.92 Å². The van der Waals surface area contributed by atoms with Crippen LogP contribution in [0.5, 0.6) is 5.75 Å². The minimum absolute atomic E-state index is 0.0708. The van der Waals surface area contributed by atoms with Crippen LogP contribution in [0.2, 0.25) is 5.02 Å². The van der Waals surface area contributed by atoms with E-state index in [1.807, 2.05) is 36.4 Å². The highest BCUT2D eigenvalue weighted by Gasteiger charge is 2.24. The number of carbonyl (C=O) groups is 1. The number of carbonyl (C=O) groups excluding carboxylic acids is 1. The fourth-order valence-corrected chi connectivity index (χ4v) is 3.66. The number of hydrogen-bond acceptors (Lipinski definition) is 4. The van der Waals surface area contributed by atoms with Gasteiger partial charge in [-0.15, -0.1) is 0 Å². The van der Waals surface area contributed by atoms with Crippen molar-refractivity contribution in [2.45, 2.75) is 19.9 Å². The molecule has 162 valence electrons. The SMILES string of the molecule is CC(C)COc1ccc(C(=O)NC[C@@H](c2ccc(Cl)cc2)N2CCN(C)CC2)cc1. The van der Waals surface area contributed by atoms with Gasteiger partial charge < -0.3 is 15.0 Å². The van der Waals surface area contributed by atoms with Gasteiger partial charge in [-0.3, -0.25) is 9.69 Å². The lowest BCUT2D eigenvalue weighted by Gasteiger charge is -2.38. The van der Waals surface area contributed by atoms with Gasteiger partial charge in [-0.2, -0.15) is 0 Å². The Morgan fingerprint density at radius 1 is 1.03 bits per heavy atom. The van der Waals surface area contributed by atoms with E-state index in [2.05, 4.69) is 48.1 Å². The Bertz CT molecular complexity index is 800. The van der Waals surface area contributed by atoms with Gasteiger partial charge in [0.2, 0.25) is 0 Å². The summed E-state index contributed by atoms with van der Waals surface area (Å²) in [6.45, 7) is 9.43. The number of piperazine rings is 1. The molecule has 2 aromatic carbocycles. The fourth-order valence-electron chi connectivity index (χ4n) is 3.53. The van der Waals surface area contributed by atoms with Crippen LogP contribution in [-0.4, -0.2) is 62.1 Å². The van der Waals surface area contributed by atoms with Crippen LogP contribution in [-0.2, 0) is 0 Å². The lowest BCUT2D eigenvalue weighted by molar-refractivity contribution is 0.0886. The first-order valence-corrected chi connectivity index (χ1v) is 11.0. The van der Waals surface area contributed by atoms with Gasteiger partial charge in [-0.05, 0) is 54.9 Å². The van der Waals surface area contributed by atoms with Gasteiger partial charge in [0, 0.05) is 43.3 Å². The summed E-state index contributed by atoms with van der Waals surface area (Å²) in [5, 5.41) is 3.84. The molecule has 30 heavy (non-hydrogen) atoms. The summed E-state index contributed by atoms with van der Waals surface area (Å²) in [6, 6.07) is 15.4. The first kappa shape index (κ1) is 22.6. The van der Waals surface area contributed by atoms with Crippen molar-refractivity contribution in [3.05, 3.63) is 64.7 Å². The van der Waals surface area contributed by atoms with E-state index in [1.54, 1.807) is 0 Å². The van der Waals surface area contributed by atoms with Crippen molar-refractivity contribution in [2.75, 3.05) is 46.4 Å². The zero-order valence-electron chi connectivity index (χ0n) is 18.1. The standard InChI is InChI=1S/C24H32ClN3O2/c1-18(2)17-30-22-10-6-20(7-11-22)24(29)26-16-23(19-4-8-21(25)9-5-19)28-14-12-27(3)13-15-28/h4-11,18,23H,12-17H2,1-3H3,(H,26,29)/t23-/m0/s1. The van der Waals surface area contributed by atoms with Gasteiger partial charge in [0.25, 0.3) is 5.91 Å². The summed E-state index contributed by atoms with van der Waals surface area (Å²) >= 11 is 6.08. The molecule has 0 bridgehead atoms. The average molecular weight is 430 g/mol. The van der Waals surface area contributed by atoms with Crippen LogP contribution >= 0.6 is 11.6 Å². The van der Waals surface area contributed by atoms with Gasteiger partial charge in [0.05, 0.1) is 12.6 Å². The van der Waals surface area contributed by atoms with E-state index in [-0.39, 0.29) is 11.9 Å². The summed E-state index contributed by atoms with van der Waals surface area (Å²) in [5.74, 6) is 1.18. The summed E-state index contributed by atoms with van der Waals surface area (Å²) in [4.78, 5) is 17.5. The predicted octanol–water partition coefficient (Wildman–Crippen LogP) is 4.09. The maximum atomic E-state index is 12.7. The van der Waals surface area contributed by atoms with E-state index >= 15 is 0 Å². The molecule has 6 heteroatoms. The molecular formula is C24H32ClN3O2. The number of nitrogens with zero attached hydrogens (tertiary/aromatic N) is 2. The lowest BCUT2D eigenvalue weighted by atomic mass is 10.0. The number of likely N-dealkylation sites (N-methyl/N-ethyl adjacent to an activating group) is 1. The molecule has 1 N–H and O–H groups in total. The summed E-state index contributed by atoms with van der Waals surface area (Å²) in [5.41, 5.74) is 1.81. The van der Waals surface area contributed by atoms with Crippen LogP contribution in [0.4, 0.5) is 0 Å². The van der Waals surface area contributed by atoms with Crippen LogP contribution in [0.1, 0.15) is 35.8 Å². The lowest BCUT2D eigenvalue weighted by Crippen LogP contribution is -2.48. The number of nitrogens with one attached hydrogen (secondary N) is 1. The molecule has 1 fully saturated rings. The van der Waals surface area contributed by atoms with Crippen LogP contribution in [0.15, 0.2) is 48.5 Å². The zero-order chi connectivity index (χ0) is 21.5. The normalized spacial score (nSPS) is 16.4. The second-order valence-corrected chi connectivity index (χ2v) is 8.78. The maximum Gasteiger partial charge on any atom is 0.251 e. The van der Waals surface area contributed by atoms with Gasteiger partial charge >= 0.3 is 0 Å². The van der Waals surface area contributed by atoms with E-state index in [9.17, 15) is 4.79 Å². The van der Waals surface area contributed by atoms with Crippen molar-refractivity contribution in [1.29, 1.82) is 0 Å². The Morgan fingerprint density at radius 3 is 2.27 bits per heavy atom. The number of benzene rings is 2. The van der Waals surface area contributed by atoms with Crippen LogP contribution < -0.4 is 10.1 Å². The Morgan fingerprint density at radius 2 is 1.67 bits per heavy atom. The van der Waals surface area contributed by atoms with Gasteiger partial charge in [0.1, 0.15) is 5.75 Å². The molecule has 5 nitrogen and oxygen atoms in total. The Hall–Kier alpha value is -2.08. The summed E-state index contributed by atoms with van der Waals surface area (Å²) in [6.07, 6.45) is 0. The van der Waals surface area contributed by atoms with Crippen LogP contribution in [0.25, 0.3) is 0 Å². The fraction of sp³-hybridized carbons (Fsp3) is 0.458.